The summed E-state index contributed by atoms with van der Waals surface area (Å²) in [7, 11) is -1.54. The minimum atomic E-state index is -4.03. The van der Waals surface area contributed by atoms with Gasteiger partial charge in [0.25, 0.3) is 15.9 Å². The Bertz CT molecular complexity index is 893. The van der Waals surface area contributed by atoms with Gasteiger partial charge in [-0.25, -0.2) is 18.7 Å². The fourth-order valence-corrected chi connectivity index (χ4v) is 3.52. The number of carbonyl (C=O) groups excluding carboxylic acids is 2. The van der Waals surface area contributed by atoms with E-state index >= 15 is 0 Å². The summed E-state index contributed by atoms with van der Waals surface area (Å²) in [4.78, 5) is 22.9. The lowest BCUT2D eigenvalue weighted by molar-refractivity contribution is 0.0596. The number of nitrogens with zero attached hydrogens (tertiary/aromatic N) is 1. The highest BCUT2D eigenvalue weighted by Crippen LogP contribution is 2.25. The van der Waals surface area contributed by atoms with E-state index in [0.29, 0.717) is 0 Å². The van der Waals surface area contributed by atoms with Crippen molar-refractivity contribution in [2.75, 3.05) is 18.5 Å². The third-order valence-electron chi connectivity index (χ3n) is 3.53. The number of hydroxylamine groups is 1. The Morgan fingerprint density at radius 2 is 1.68 bits per heavy atom. The van der Waals surface area contributed by atoms with Crippen LogP contribution in [0.1, 0.15) is 20.7 Å². The van der Waals surface area contributed by atoms with E-state index in [2.05, 4.69) is 4.74 Å². The van der Waals surface area contributed by atoms with Crippen molar-refractivity contribution in [1.82, 2.24) is 5.48 Å². The Morgan fingerprint density at radius 1 is 1.08 bits per heavy atom. The van der Waals surface area contributed by atoms with Crippen LogP contribution >= 0.6 is 0 Å². The minimum Gasteiger partial charge on any atom is -0.465 e. The SMILES string of the molecule is COC(=O)c1ccccc1S(=O)(=O)N(C)c1ccc(C(=O)NO)cc1. The minimum absolute atomic E-state index is 0.0758. The number of benzene rings is 2. The number of nitrogens with one attached hydrogen (secondary N) is 1. The normalized spacial score (nSPS) is 10.8. The zero-order chi connectivity index (χ0) is 18.6. The zero-order valence-electron chi connectivity index (χ0n) is 13.5. The number of anilines is 1. The van der Waals surface area contributed by atoms with Crippen LogP contribution in [0.15, 0.2) is 53.4 Å². The summed E-state index contributed by atoms with van der Waals surface area (Å²) in [6.07, 6.45) is 0. The van der Waals surface area contributed by atoms with Gasteiger partial charge in [-0.1, -0.05) is 12.1 Å². The Labute approximate surface area is 144 Å². The Morgan fingerprint density at radius 3 is 2.24 bits per heavy atom. The quantitative estimate of drug-likeness (QED) is 0.471. The van der Waals surface area contributed by atoms with Gasteiger partial charge in [-0.3, -0.25) is 14.3 Å². The van der Waals surface area contributed by atoms with Crippen molar-refractivity contribution >= 4 is 27.6 Å². The fraction of sp³-hybridized carbons (Fsp3) is 0.125. The molecule has 9 heteroatoms. The second-order valence-electron chi connectivity index (χ2n) is 4.95. The molecule has 0 atom stereocenters. The number of rotatable bonds is 5. The summed E-state index contributed by atoms with van der Waals surface area (Å²) in [5.41, 5.74) is 1.85. The van der Waals surface area contributed by atoms with Gasteiger partial charge in [-0.2, -0.15) is 0 Å². The van der Waals surface area contributed by atoms with Crippen molar-refractivity contribution in [3.63, 3.8) is 0 Å². The summed E-state index contributed by atoms with van der Waals surface area (Å²) >= 11 is 0. The van der Waals surface area contributed by atoms with Gasteiger partial charge in [0, 0.05) is 12.6 Å². The largest absolute Gasteiger partial charge is 0.465 e. The second-order valence-corrected chi connectivity index (χ2v) is 6.89. The van der Waals surface area contributed by atoms with Crippen LogP contribution in [0, 0.1) is 0 Å². The monoisotopic (exact) mass is 364 g/mol. The number of amides is 1. The molecule has 1 amide bonds. The van der Waals surface area contributed by atoms with E-state index in [1.807, 2.05) is 0 Å². The van der Waals surface area contributed by atoms with Crippen molar-refractivity contribution in [1.29, 1.82) is 0 Å². The molecule has 0 unspecified atom stereocenters. The van der Waals surface area contributed by atoms with Crippen LogP contribution < -0.4 is 9.79 Å². The summed E-state index contributed by atoms with van der Waals surface area (Å²) in [6.45, 7) is 0. The Balaban J connectivity index is 2.43. The van der Waals surface area contributed by atoms with E-state index in [1.54, 1.807) is 0 Å². The van der Waals surface area contributed by atoms with Gasteiger partial charge in [0.1, 0.15) is 4.90 Å². The summed E-state index contributed by atoms with van der Waals surface area (Å²) in [5.74, 6) is -1.48. The smallest absolute Gasteiger partial charge is 0.339 e. The third kappa shape index (κ3) is 3.62. The molecule has 0 spiro atoms. The fourth-order valence-electron chi connectivity index (χ4n) is 2.14. The molecule has 132 valence electrons. The molecular formula is C16H16N2O6S. The van der Waals surface area contributed by atoms with Crippen LogP contribution in [0.2, 0.25) is 0 Å². The van der Waals surface area contributed by atoms with Crippen molar-refractivity contribution in [3.8, 4) is 0 Å². The number of hydrogen-bond donors (Lipinski definition) is 2. The molecule has 0 radical (unpaired) electrons. The van der Waals surface area contributed by atoms with Crippen molar-refractivity contribution < 1.29 is 28.0 Å². The number of ether oxygens (including phenoxy) is 1. The number of carbonyl (C=O) groups is 2. The van der Waals surface area contributed by atoms with Gasteiger partial charge >= 0.3 is 5.97 Å². The molecule has 2 aromatic rings. The maximum absolute atomic E-state index is 12.8. The molecule has 2 aromatic carbocycles. The first kappa shape index (κ1) is 18.4. The summed E-state index contributed by atoms with van der Waals surface area (Å²) in [5, 5.41) is 8.60. The van der Waals surface area contributed by atoms with E-state index in [0.717, 1.165) is 4.31 Å². The van der Waals surface area contributed by atoms with Crippen LogP contribution in [0.4, 0.5) is 5.69 Å². The molecule has 2 N–H and O–H groups in total. The van der Waals surface area contributed by atoms with Crippen LogP contribution in [-0.4, -0.2) is 39.7 Å². The molecule has 0 aliphatic rings. The van der Waals surface area contributed by atoms with E-state index in [9.17, 15) is 18.0 Å². The molecule has 0 fully saturated rings. The molecule has 0 aliphatic carbocycles. The van der Waals surface area contributed by atoms with Crippen LogP contribution in [-0.2, 0) is 14.8 Å². The molecule has 0 saturated carbocycles. The number of methoxy groups -OCH3 is 1. The second kappa shape index (κ2) is 7.32. The first-order chi connectivity index (χ1) is 11.8. The van der Waals surface area contributed by atoms with Crippen LogP contribution in [0.25, 0.3) is 0 Å². The van der Waals surface area contributed by atoms with Gasteiger partial charge in [-0.15, -0.1) is 0 Å². The summed E-state index contributed by atoms with van der Waals surface area (Å²) in [6, 6.07) is 11.2. The van der Waals surface area contributed by atoms with E-state index in [-0.39, 0.29) is 21.7 Å². The third-order valence-corrected chi connectivity index (χ3v) is 5.37. The Hall–Kier alpha value is -2.91. The molecular weight excluding hydrogens is 348 g/mol. The molecule has 0 heterocycles. The highest BCUT2D eigenvalue weighted by molar-refractivity contribution is 7.92. The van der Waals surface area contributed by atoms with Crippen molar-refractivity contribution in [2.24, 2.45) is 0 Å². The molecule has 25 heavy (non-hydrogen) atoms. The van der Waals surface area contributed by atoms with Crippen LogP contribution in [0.3, 0.4) is 0 Å². The van der Waals surface area contributed by atoms with Crippen molar-refractivity contribution in [3.05, 3.63) is 59.7 Å². The highest BCUT2D eigenvalue weighted by atomic mass is 32.2. The molecule has 0 aliphatic heterocycles. The van der Waals surface area contributed by atoms with E-state index < -0.39 is 21.9 Å². The van der Waals surface area contributed by atoms with Crippen molar-refractivity contribution in [2.45, 2.75) is 4.90 Å². The van der Waals surface area contributed by atoms with Gasteiger partial charge in [0.15, 0.2) is 0 Å². The lowest BCUT2D eigenvalue weighted by Crippen LogP contribution is -2.28. The van der Waals surface area contributed by atoms with Gasteiger partial charge < -0.3 is 4.74 Å². The lowest BCUT2D eigenvalue weighted by atomic mass is 10.2. The van der Waals surface area contributed by atoms with Crippen LogP contribution in [0.5, 0.6) is 0 Å². The maximum atomic E-state index is 12.8. The highest BCUT2D eigenvalue weighted by Gasteiger charge is 2.27. The van der Waals surface area contributed by atoms with Gasteiger partial charge in [0.05, 0.1) is 18.4 Å². The topological polar surface area (TPSA) is 113 Å². The predicted molar refractivity (Wildman–Crippen MR) is 89.1 cm³/mol. The number of sulfonamides is 1. The summed E-state index contributed by atoms with van der Waals surface area (Å²) < 4.78 is 31.3. The number of hydrogen-bond acceptors (Lipinski definition) is 6. The standard InChI is InChI=1S/C16H16N2O6S/c1-18(12-9-7-11(8-10-12)15(19)17-21)25(22,23)14-6-4-3-5-13(14)16(20)24-2/h3-10,21H,1-2H3,(H,17,19). The molecule has 0 bridgehead atoms. The first-order valence-electron chi connectivity index (χ1n) is 7.03. The van der Waals surface area contributed by atoms with E-state index in [4.69, 9.17) is 5.21 Å². The van der Waals surface area contributed by atoms with E-state index in [1.165, 1.54) is 68.2 Å². The lowest BCUT2D eigenvalue weighted by Gasteiger charge is -2.21. The molecule has 0 aromatic heterocycles. The Kier molecular flexibility index (Phi) is 5.40. The number of esters is 1. The molecule has 8 nitrogen and oxygen atoms in total. The molecule has 2 rings (SSSR count). The maximum Gasteiger partial charge on any atom is 0.339 e. The predicted octanol–water partition coefficient (Wildman–Crippen LogP) is 1.42. The average molecular weight is 364 g/mol. The first-order valence-corrected chi connectivity index (χ1v) is 8.47. The van der Waals surface area contributed by atoms with Gasteiger partial charge in [0.2, 0.25) is 0 Å². The molecule has 0 saturated heterocycles. The van der Waals surface area contributed by atoms with Gasteiger partial charge in [-0.05, 0) is 36.4 Å². The zero-order valence-corrected chi connectivity index (χ0v) is 14.3. The average Bonchev–Trinajstić information content (AvgIpc) is 2.66.